The highest BCUT2D eigenvalue weighted by Gasteiger charge is 2.47. The number of benzene rings is 1. The van der Waals surface area contributed by atoms with Crippen LogP contribution in [0.4, 0.5) is 13.2 Å². The van der Waals surface area contributed by atoms with E-state index in [1.54, 1.807) is 0 Å². The molecule has 1 aromatic heterocycles. The molecule has 2 unspecified atom stereocenters. The van der Waals surface area contributed by atoms with Crippen molar-refractivity contribution in [2.24, 2.45) is 0 Å². The lowest BCUT2D eigenvalue weighted by Gasteiger charge is -2.51. The van der Waals surface area contributed by atoms with Crippen molar-refractivity contribution >= 4 is 0 Å². The van der Waals surface area contributed by atoms with Crippen molar-refractivity contribution in [2.75, 3.05) is 13.2 Å². The predicted molar refractivity (Wildman–Crippen MR) is 92.7 cm³/mol. The van der Waals surface area contributed by atoms with Gasteiger partial charge in [-0.3, -0.25) is 9.88 Å². The van der Waals surface area contributed by atoms with Crippen LogP contribution in [0.1, 0.15) is 29.7 Å². The molecular weight excluding hydrogens is 357 g/mol. The quantitative estimate of drug-likeness (QED) is 0.890. The lowest BCUT2D eigenvalue weighted by atomic mass is 9.78. The first-order valence-electron chi connectivity index (χ1n) is 8.99. The van der Waals surface area contributed by atoms with Gasteiger partial charge in [-0.2, -0.15) is 13.2 Å². The van der Waals surface area contributed by atoms with Gasteiger partial charge in [0, 0.05) is 24.8 Å². The summed E-state index contributed by atoms with van der Waals surface area (Å²) in [7, 11) is 0. The van der Waals surface area contributed by atoms with Crippen molar-refractivity contribution < 1.29 is 23.0 Å². The number of aliphatic hydroxyl groups is 1. The first kappa shape index (κ1) is 18.4. The second-order valence-corrected chi connectivity index (χ2v) is 7.37. The maximum atomic E-state index is 12.8. The second kappa shape index (κ2) is 6.89. The molecule has 2 bridgehead atoms. The summed E-state index contributed by atoms with van der Waals surface area (Å²) in [5.74, 6) is 0. The smallest absolute Gasteiger partial charge is 0.383 e. The van der Waals surface area contributed by atoms with Crippen molar-refractivity contribution in [1.82, 2.24) is 9.88 Å². The van der Waals surface area contributed by atoms with Crippen LogP contribution in [0.5, 0.6) is 0 Å². The number of hydrogen-bond acceptors (Lipinski definition) is 4. The van der Waals surface area contributed by atoms with E-state index >= 15 is 0 Å². The minimum atomic E-state index is -4.43. The molecule has 27 heavy (non-hydrogen) atoms. The molecule has 2 atom stereocenters. The molecule has 2 fully saturated rings. The normalized spacial score (nSPS) is 28.9. The van der Waals surface area contributed by atoms with Crippen LogP contribution >= 0.6 is 0 Å². The average Bonchev–Trinajstić information content (AvgIpc) is 2.63. The van der Waals surface area contributed by atoms with Crippen LogP contribution in [-0.2, 0) is 23.1 Å². The summed E-state index contributed by atoms with van der Waals surface area (Å²) in [5, 5.41) is 11.2. The van der Waals surface area contributed by atoms with Crippen LogP contribution in [0.15, 0.2) is 48.7 Å². The monoisotopic (exact) mass is 378 g/mol. The Bertz CT molecular complexity index is 766. The molecule has 4 rings (SSSR count). The van der Waals surface area contributed by atoms with Crippen LogP contribution in [-0.4, -0.2) is 40.3 Å². The zero-order valence-electron chi connectivity index (χ0n) is 14.7. The molecule has 0 saturated carbocycles. The molecule has 2 aliphatic rings. The number of ether oxygens (including phenoxy) is 1. The third-order valence-corrected chi connectivity index (χ3v) is 5.48. The summed E-state index contributed by atoms with van der Waals surface area (Å²) >= 11 is 0. The summed E-state index contributed by atoms with van der Waals surface area (Å²) in [6, 6.07) is 12.4. The van der Waals surface area contributed by atoms with Gasteiger partial charge in [0.2, 0.25) is 0 Å². The van der Waals surface area contributed by atoms with Crippen LogP contribution in [0.25, 0.3) is 0 Å². The molecule has 4 nitrogen and oxygen atoms in total. The molecule has 2 aromatic rings. The molecule has 2 saturated heterocycles. The second-order valence-electron chi connectivity index (χ2n) is 7.37. The van der Waals surface area contributed by atoms with E-state index in [1.165, 1.54) is 11.6 Å². The number of aromatic nitrogens is 1. The highest BCUT2D eigenvalue weighted by molar-refractivity contribution is 5.23. The lowest BCUT2D eigenvalue weighted by molar-refractivity contribution is -0.151. The number of halogens is 3. The Morgan fingerprint density at radius 1 is 1.07 bits per heavy atom. The van der Waals surface area contributed by atoms with Crippen molar-refractivity contribution in [1.29, 1.82) is 0 Å². The fraction of sp³-hybridized carbons (Fsp3) is 0.450. The van der Waals surface area contributed by atoms with Crippen LogP contribution in [0.2, 0.25) is 0 Å². The molecule has 0 amide bonds. The summed E-state index contributed by atoms with van der Waals surface area (Å²) in [6.45, 7) is 1.74. The van der Waals surface area contributed by atoms with E-state index in [9.17, 15) is 18.3 Å². The van der Waals surface area contributed by atoms with Gasteiger partial charge >= 0.3 is 6.18 Å². The Labute approximate surface area is 155 Å². The number of fused-ring (bicyclic) bond motifs is 2. The van der Waals surface area contributed by atoms with E-state index in [4.69, 9.17) is 4.74 Å². The van der Waals surface area contributed by atoms with Crippen LogP contribution < -0.4 is 0 Å². The average molecular weight is 378 g/mol. The van der Waals surface area contributed by atoms with Gasteiger partial charge in [0.1, 0.15) is 5.60 Å². The minimum absolute atomic E-state index is 0.00759. The Morgan fingerprint density at radius 3 is 2.30 bits per heavy atom. The summed E-state index contributed by atoms with van der Waals surface area (Å²) < 4.78 is 44.0. The van der Waals surface area contributed by atoms with Gasteiger partial charge in [-0.15, -0.1) is 0 Å². The van der Waals surface area contributed by atoms with E-state index in [0.29, 0.717) is 31.7 Å². The first-order chi connectivity index (χ1) is 12.9. The van der Waals surface area contributed by atoms with Gasteiger partial charge in [0.25, 0.3) is 0 Å². The fourth-order valence-corrected chi connectivity index (χ4v) is 4.14. The van der Waals surface area contributed by atoms with Crippen molar-refractivity contribution in [2.45, 2.75) is 43.2 Å². The zero-order chi connectivity index (χ0) is 19.1. The molecule has 7 heteroatoms. The molecule has 0 spiro atoms. The van der Waals surface area contributed by atoms with Crippen molar-refractivity contribution in [3.8, 4) is 0 Å². The molecule has 1 N–H and O–H groups in total. The summed E-state index contributed by atoms with van der Waals surface area (Å²) in [4.78, 5) is 6.28. The van der Waals surface area contributed by atoms with Gasteiger partial charge in [0.05, 0.1) is 24.5 Å². The van der Waals surface area contributed by atoms with Crippen molar-refractivity contribution in [3.63, 3.8) is 0 Å². The molecule has 0 radical (unpaired) electrons. The number of rotatable bonds is 3. The number of alkyl halides is 3. The van der Waals surface area contributed by atoms with Gasteiger partial charge in [-0.25, -0.2) is 0 Å². The third kappa shape index (κ3) is 3.72. The molecule has 3 heterocycles. The van der Waals surface area contributed by atoms with Crippen LogP contribution in [0.3, 0.4) is 0 Å². The largest absolute Gasteiger partial charge is 0.417 e. The van der Waals surface area contributed by atoms with Gasteiger partial charge in [-0.05, 0) is 30.5 Å². The number of pyridine rings is 1. The van der Waals surface area contributed by atoms with Gasteiger partial charge < -0.3 is 9.84 Å². The van der Waals surface area contributed by atoms with E-state index in [2.05, 4.69) is 22.0 Å². The number of morpholine rings is 1. The summed E-state index contributed by atoms with van der Waals surface area (Å²) in [6.07, 6.45) is -2.86. The highest BCUT2D eigenvalue weighted by Crippen LogP contribution is 2.41. The fourth-order valence-electron chi connectivity index (χ4n) is 4.14. The Hall–Kier alpha value is -1.96. The third-order valence-electron chi connectivity index (χ3n) is 5.48. The highest BCUT2D eigenvalue weighted by atomic mass is 19.4. The standard InChI is InChI=1S/C20H21F3N2O2/c21-20(22,23)15-6-7-18(24-10-15)19(26)8-16-12-27-13-17(9-19)25(16)11-14-4-2-1-3-5-14/h1-7,10,16-17,26H,8-9,11-13H2. The number of hydrogen-bond donors (Lipinski definition) is 1. The SMILES string of the molecule is OC1(c2ccc(C(F)(F)F)cn2)CC2COCC(C1)N2Cc1ccccc1. The van der Waals surface area contributed by atoms with Gasteiger partial charge in [0.15, 0.2) is 0 Å². The van der Waals surface area contributed by atoms with Crippen molar-refractivity contribution in [3.05, 3.63) is 65.5 Å². The maximum absolute atomic E-state index is 12.8. The molecule has 1 aromatic carbocycles. The lowest BCUT2D eigenvalue weighted by Crippen LogP contribution is -2.60. The topological polar surface area (TPSA) is 45.6 Å². The predicted octanol–water partition coefficient (Wildman–Crippen LogP) is 3.35. The summed E-state index contributed by atoms with van der Waals surface area (Å²) in [5.41, 5.74) is -0.560. The Balaban J connectivity index is 1.55. The molecule has 0 aliphatic carbocycles. The Morgan fingerprint density at radius 2 is 1.74 bits per heavy atom. The van der Waals surface area contributed by atoms with Gasteiger partial charge in [-0.1, -0.05) is 30.3 Å². The first-order valence-corrected chi connectivity index (χ1v) is 8.99. The van der Waals surface area contributed by atoms with Crippen LogP contribution in [0, 0.1) is 0 Å². The Kier molecular flexibility index (Phi) is 4.70. The molecule has 144 valence electrons. The van der Waals surface area contributed by atoms with E-state index in [-0.39, 0.29) is 12.1 Å². The van der Waals surface area contributed by atoms with E-state index in [1.807, 2.05) is 18.2 Å². The molecule has 2 aliphatic heterocycles. The zero-order valence-corrected chi connectivity index (χ0v) is 14.7. The molecular formula is C20H21F3N2O2. The van der Waals surface area contributed by atoms with E-state index in [0.717, 1.165) is 18.8 Å². The number of piperidine rings is 1. The maximum Gasteiger partial charge on any atom is 0.417 e. The number of nitrogens with zero attached hydrogens (tertiary/aromatic N) is 2. The van der Waals surface area contributed by atoms with E-state index < -0.39 is 17.3 Å². The minimum Gasteiger partial charge on any atom is -0.383 e.